The lowest BCUT2D eigenvalue weighted by atomic mass is 10.2. The number of aromatic nitrogens is 2. The number of hydrogen-bond acceptors (Lipinski definition) is 2. The Balaban J connectivity index is 0.00000162. The second-order valence-electron chi connectivity index (χ2n) is 3.44. The standard InChI is InChI=1S/C11H10F3N3.ClH/c12-9-3-1-8(2-4-9)7-15-10-5-6-17(16-10)11(13)14;/h1-6,11H,7H2,(H,15,16);1H. The molecule has 0 unspecified atom stereocenters. The number of halogens is 4. The van der Waals surface area contributed by atoms with E-state index in [1.165, 1.54) is 24.4 Å². The van der Waals surface area contributed by atoms with Crippen LogP contribution in [0, 0.1) is 5.82 Å². The number of rotatable bonds is 4. The van der Waals surface area contributed by atoms with Crippen molar-refractivity contribution in [3.05, 3.63) is 47.9 Å². The molecule has 0 atom stereocenters. The summed E-state index contributed by atoms with van der Waals surface area (Å²) < 4.78 is 37.6. The molecular formula is C11H11ClF3N3. The van der Waals surface area contributed by atoms with Gasteiger partial charge in [0.2, 0.25) is 0 Å². The topological polar surface area (TPSA) is 29.9 Å². The Morgan fingerprint density at radius 3 is 2.39 bits per heavy atom. The van der Waals surface area contributed by atoms with Crippen LogP contribution in [0.25, 0.3) is 0 Å². The predicted octanol–water partition coefficient (Wildman–Crippen LogP) is 3.45. The number of nitrogens with zero attached hydrogens (tertiary/aromatic N) is 2. The molecule has 0 saturated carbocycles. The Morgan fingerprint density at radius 1 is 1.17 bits per heavy atom. The number of benzene rings is 1. The van der Waals surface area contributed by atoms with E-state index in [9.17, 15) is 13.2 Å². The van der Waals surface area contributed by atoms with E-state index >= 15 is 0 Å². The fraction of sp³-hybridized carbons (Fsp3) is 0.182. The van der Waals surface area contributed by atoms with Crippen LogP contribution in [0.3, 0.4) is 0 Å². The molecule has 0 bridgehead atoms. The van der Waals surface area contributed by atoms with Gasteiger partial charge in [-0.05, 0) is 17.7 Å². The smallest absolute Gasteiger partial charge is 0.333 e. The van der Waals surface area contributed by atoms with Crippen LogP contribution in [-0.4, -0.2) is 9.78 Å². The third-order valence-electron chi connectivity index (χ3n) is 2.20. The molecule has 0 saturated heterocycles. The van der Waals surface area contributed by atoms with Crippen molar-refractivity contribution in [1.29, 1.82) is 0 Å². The highest BCUT2D eigenvalue weighted by atomic mass is 35.5. The van der Waals surface area contributed by atoms with Crippen LogP contribution in [0.1, 0.15) is 12.1 Å². The molecule has 0 spiro atoms. The van der Waals surface area contributed by atoms with Crippen LogP contribution in [0.15, 0.2) is 36.5 Å². The average Bonchev–Trinajstić information content (AvgIpc) is 2.77. The van der Waals surface area contributed by atoms with Crippen molar-refractivity contribution < 1.29 is 13.2 Å². The highest BCUT2D eigenvalue weighted by Gasteiger charge is 2.06. The van der Waals surface area contributed by atoms with Crippen LogP contribution in [0.4, 0.5) is 19.0 Å². The molecule has 3 nitrogen and oxygen atoms in total. The first kappa shape index (κ1) is 14.4. The van der Waals surface area contributed by atoms with Gasteiger partial charge in [-0.25, -0.2) is 9.07 Å². The summed E-state index contributed by atoms with van der Waals surface area (Å²) in [5, 5.41) is 6.49. The van der Waals surface area contributed by atoms with Crippen molar-refractivity contribution in [2.45, 2.75) is 13.1 Å². The van der Waals surface area contributed by atoms with Crippen molar-refractivity contribution in [3.8, 4) is 0 Å². The second-order valence-corrected chi connectivity index (χ2v) is 3.44. The van der Waals surface area contributed by atoms with Crippen molar-refractivity contribution in [2.75, 3.05) is 5.32 Å². The van der Waals surface area contributed by atoms with Gasteiger partial charge in [0.25, 0.3) is 0 Å². The normalized spacial score (nSPS) is 10.2. The number of alkyl halides is 2. The second kappa shape index (κ2) is 6.30. The van der Waals surface area contributed by atoms with E-state index in [1.54, 1.807) is 12.1 Å². The zero-order chi connectivity index (χ0) is 12.3. The summed E-state index contributed by atoms with van der Waals surface area (Å²) in [5.74, 6) is 0.0466. The lowest BCUT2D eigenvalue weighted by Crippen LogP contribution is -2.03. The molecule has 18 heavy (non-hydrogen) atoms. The van der Waals surface area contributed by atoms with E-state index in [-0.39, 0.29) is 18.2 Å². The summed E-state index contributed by atoms with van der Waals surface area (Å²) in [6.07, 6.45) is 1.19. The quantitative estimate of drug-likeness (QED) is 0.928. The lowest BCUT2D eigenvalue weighted by molar-refractivity contribution is 0.0569. The summed E-state index contributed by atoms with van der Waals surface area (Å²) in [7, 11) is 0. The molecular weight excluding hydrogens is 267 g/mol. The zero-order valence-corrected chi connectivity index (χ0v) is 10.0. The van der Waals surface area contributed by atoms with Crippen LogP contribution in [0.2, 0.25) is 0 Å². The van der Waals surface area contributed by atoms with E-state index < -0.39 is 6.55 Å². The van der Waals surface area contributed by atoms with Crippen LogP contribution in [0.5, 0.6) is 0 Å². The third-order valence-corrected chi connectivity index (χ3v) is 2.20. The molecule has 0 amide bonds. The fourth-order valence-corrected chi connectivity index (χ4v) is 1.34. The minimum atomic E-state index is -2.64. The molecule has 1 aromatic heterocycles. The third kappa shape index (κ3) is 3.66. The first-order chi connectivity index (χ1) is 8.15. The Bertz CT molecular complexity index is 485. The van der Waals surface area contributed by atoms with Crippen molar-refractivity contribution in [2.24, 2.45) is 0 Å². The van der Waals surface area contributed by atoms with E-state index in [0.29, 0.717) is 17.0 Å². The largest absolute Gasteiger partial charge is 0.365 e. The van der Waals surface area contributed by atoms with Gasteiger partial charge in [-0.15, -0.1) is 12.4 Å². The van der Waals surface area contributed by atoms with Crippen LogP contribution in [-0.2, 0) is 6.54 Å². The first-order valence-corrected chi connectivity index (χ1v) is 4.97. The van der Waals surface area contributed by atoms with Crippen molar-refractivity contribution in [3.63, 3.8) is 0 Å². The molecule has 0 fully saturated rings. The summed E-state index contributed by atoms with van der Waals surface area (Å²) in [6, 6.07) is 7.37. The van der Waals surface area contributed by atoms with Crippen LogP contribution >= 0.6 is 12.4 Å². The lowest BCUT2D eigenvalue weighted by Gasteiger charge is -2.03. The van der Waals surface area contributed by atoms with E-state index in [2.05, 4.69) is 10.4 Å². The molecule has 0 aliphatic carbocycles. The minimum absolute atomic E-state index is 0. The predicted molar refractivity (Wildman–Crippen MR) is 64.5 cm³/mol. The highest BCUT2D eigenvalue weighted by Crippen LogP contribution is 2.12. The van der Waals surface area contributed by atoms with Gasteiger partial charge < -0.3 is 5.32 Å². The van der Waals surface area contributed by atoms with Gasteiger partial charge in [-0.3, -0.25) is 0 Å². The van der Waals surface area contributed by atoms with Crippen molar-refractivity contribution >= 4 is 18.2 Å². The van der Waals surface area contributed by atoms with E-state index in [1.807, 2.05) is 0 Å². The van der Waals surface area contributed by atoms with Gasteiger partial charge in [0, 0.05) is 18.8 Å². The zero-order valence-electron chi connectivity index (χ0n) is 9.19. The Morgan fingerprint density at radius 2 is 1.83 bits per heavy atom. The SMILES string of the molecule is Cl.Fc1ccc(CNc2ccn(C(F)F)n2)cc1. The first-order valence-electron chi connectivity index (χ1n) is 4.97. The van der Waals surface area contributed by atoms with Crippen molar-refractivity contribution in [1.82, 2.24) is 9.78 Å². The van der Waals surface area contributed by atoms with Gasteiger partial charge in [0.05, 0.1) is 0 Å². The molecule has 7 heteroatoms. The summed E-state index contributed by atoms with van der Waals surface area (Å²) >= 11 is 0. The monoisotopic (exact) mass is 277 g/mol. The van der Waals surface area contributed by atoms with Gasteiger partial charge in [0.15, 0.2) is 0 Å². The summed E-state index contributed by atoms with van der Waals surface area (Å²) in [5.41, 5.74) is 0.845. The van der Waals surface area contributed by atoms with E-state index in [0.717, 1.165) is 5.56 Å². The molecule has 1 N–H and O–H groups in total. The molecule has 0 aliphatic heterocycles. The molecule has 0 radical (unpaired) electrons. The maximum absolute atomic E-state index is 12.6. The number of hydrogen-bond donors (Lipinski definition) is 1. The molecule has 1 aromatic carbocycles. The van der Waals surface area contributed by atoms with E-state index in [4.69, 9.17) is 0 Å². The highest BCUT2D eigenvalue weighted by molar-refractivity contribution is 5.85. The molecule has 0 aliphatic rings. The van der Waals surface area contributed by atoms with Gasteiger partial charge in [0.1, 0.15) is 11.6 Å². The Labute approximate surface area is 108 Å². The number of anilines is 1. The van der Waals surface area contributed by atoms with Crippen LogP contribution < -0.4 is 5.32 Å². The fourth-order valence-electron chi connectivity index (χ4n) is 1.34. The summed E-state index contributed by atoms with van der Waals surface area (Å²) in [6.45, 7) is -2.24. The molecule has 98 valence electrons. The van der Waals surface area contributed by atoms with Gasteiger partial charge >= 0.3 is 6.55 Å². The molecule has 2 aromatic rings. The average molecular weight is 278 g/mol. The Kier molecular flexibility index (Phi) is 5.03. The number of nitrogens with one attached hydrogen (secondary N) is 1. The van der Waals surface area contributed by atoms with Gasteiger partial charge in [-0.1, -0.05) is 12.1 Å². The van der Waals surface area contributed by atoms with Gasteiger partial charge in [-0.2, -0.15) is 13.9 Å². The maximum Gasteiger partial charge on any atom is 0.333 e. The Hall–Kier alpha value is -1.69. The summed E-state index contributed by atoms with van der Waals surface area (Å²) in [4.78, 5) is 0. The molecule has 1 heterocycles. The maximum atomic E-state index is 12.6. The minimum Gasteiger partial charge on any atom is -0.365 e. The molecule has 2 rings (SSSR count).